The van der Waals surface area contributed by atoms with Gasteiger partial charge in [0.05, 0.1) is 6.61 Å². The summed E-state index contributed by atoms with van der Waals surface area (Å²) in [5.74, 6) is 0.377. The maximum absolute atomic E-state index is 11.9. The third-order valence-corrected chi connectivity index (χ3v) is 3.36. The van der Waals surface area contributed by atoms with Gasteiger partial charge in [-0.25, -0.2) is 0 Å². The van der Waals surface area contributed by atoms with E-state index in [4.69, 9.17) is 4.74 Å². The van der Waals surface area contributed by atoms with Crippen LogP contribution >= 0.6 is 23.7 Å². The van der Waals surface area contributed by atoms with Gasteiger partial charge >= 0.3 is 0 Å². The fourth-order valence-electron chi connectivity index (χ4n) is 1.66. The van der Waals surface area contributed by atoms with Crippen LogP contribution in [0.5, 0.6) is 0 Å². The summed E-state index contributed by atoms with van der Waals surface area (Å²) in [6.45, 7) is 6.15. The fraction of sp³-hybridized carbons (Fsp3) is 0.727. The van der Waals surface area contributed by atoms with Gasteiger partial charge in [-0.2, -0.15) is 0 Å². The molecule has 1 amide bonds. The summed E-state index contributed by atoms with van der Waals surface area (Å²) in [6.07, 6.45) is 0.450. The highest BCUT2D eigenvalue weighted by Gasteiger charge is 2.22. The van der Waals surface area contributed by atoms with Gasteiger partial charge in [-0.1, -0.05) is 25.2 Å². The van der Waals surface area contributed by atoms with Crippen LogP contribution in [0.1, 0.15) is 18.9 Å². The monoisotopic (exact) mass is 306 g/mol. The summed E-state index contributed by atoms with van der Waals surface area (Å²) >= 11 is 1.42. The zero-order chi connectivity index (χ0) is 13.0. The van der Waals surface area contributed by atoms with Gasteiger partial charge < -0.3 is 10.1 Å². The maximum atomic E-state index is 11.9. The lowest BCUT2D eigenvalue weighted by atomic mass is 10.1. The Morgan fingerprint density at radius 1 is 1.58 bits per heavy atom. The maximum Gasteiger partial charge on any atom is 0.256 e. The molecule has 0 spiro atoms. The fourth-order valence-corrected chi connectivity index (χ4v) is 2.61. The number of ether oxygens (including phenoxy) is 1. The first-order valence-corrected chi connectivity index (χ1v) is 6.92. The van der Waals surface area contributed by atoms with Gasteiger partial charge in [-0.3, -0.25) is 10.1 Å². The van der Waals surface area contributed by atoms with Gasteiger partial charge in [0.1, 0.15) is 11.1 Å². The van der Waals surface area contributed by atoms with Crippen molar-refractivity contribution in [2.24, 2.45) is 5.92 Å². The Hall–Kier alpha value is -0.760. The van der Waals surface area contributed by atoms with Crippen molar-refractivity contribution in [3.63, 3.8) is 0 Å². The van der Waals surface area contributed by atoms with Crippen LogP contribution in [0.4, 0.5) is 5.13 Å². The number of amides is 1. The molecular formula is C11H19ClN4O2S. The van der Waals surface area contributed by atoms with Gasteiger partial charge in [-0.05, 0) is 5.92 Å². The molecule has 1 aliphatic heterocycles. The zero-order valence-corrected chi connectivity index (χ0v) is 12.6. The van der Waals surface area contributed by atoms with Crippen LogP contribution in [0.2, 0.25) is 0 Å². The van der Waals surface area contributed by atoms with E-state index in [1.807, 2.05) is 0 Å². The van der Waals surface area contributed by atoms with Gasteiger partial charge in [0.25, 0.3) is 5.91 Å². The first-order chi connectivity index (χ1) is 8.65. The molecule has 1 aromatic rings. The number of aromatic nitrogens is 2. The third-order valence-electron chi connectivity index (χ3n) is 2.50. The second-order valence-electron chi connectivity index (χ2n) is 4.65. The standard InChI is InChI=1S/C11H18N4O2S.ClH/c1-7(2)5-9-14-15-11(18-9)13-10(16)8-6-12-3-4-17-8;/h7-8,12H,3-6H2,1-2H3,(H,13,15,16);1H. The largest absolute Gasteiger partial charge is 0.366 e. The predicted molar refractivity (Wildman–Crippen MR) is 76.9 cm³/mol. The molecule has 2 rings (SSSR count). The topological polar surface area (TPSA) is 76.1 Å². The number of rotatable bonds is 4. The Labute approximate surface area is 122 Å². The minimum absolute atomic E-state index is 0. The molecule has 0 aromatic carbocycles. The number of anilines is 1. The second kappa shape index (κ2) is 7.74. The van der Waals surface area contributed by atoms with Crippen LogP contribution in [0.15, 0.2) is 0 Å². The zero-order valence-electron chi connectivity index (χ0n) is 11.0. The molecule has 0 saturated carbocycles. The van der Waals surface area contributed by atoms with Crippen molar-refractivity contribution in [1.29, 1.82) is 0 Å². The van der Waals surface area contributed by atoms with Crippen molar-refractivity contribution in [3.05, 3.63) is 5.01 Å². The Bertz CT molecular complexity index is 407. The number of nitrogens with zero attached hydrogens (tertiary/aromatic N) is 2. The van der Waals surface area contributed by atoms with Crippen molar-refractivity contribution < 1.29 is 9.53 Å². The molecule has 1 aromatic heterocycles. The smallest absolute Gasteiger partial charge is 0.256 e. The highest BCUT2D eigenvalue weighted by Crippen LogP contribution is 2.18. The number of carbonyl (C=O) groups excluding carboxylic acids is 1. The van der Waals surface area contributed by atoms with E-state index in [0.717, 1.165) is 18.0 Å². The molecule has 1 saturated heterocycles. The number of hydrogen-bond acceptors (Lipinski definition) is 6. The normalized spacial score (nSPS) is 19.0. The molecule has 0 bridgehead atoms. The minimum atomic E-state index is -0.434. The molecule has 2 heterocycles. The summed E-state index contributed by atoms with van der Waals surface area (Å²) in [7, 11) is 0. The average Bonchev–Trinajstić information content (AvgIpc) is 2.76. The van der Waals surface area contributed by atoms with Gasteiger partial charge in [0.15, 0.2) is 0 Å². The molecule has 6 nitrogen and oxygen atoms in total. The lowest BCUT2D eigenvalue weighted by Gasteiger charge is -2.21. The van der Waals surface area contributed by atoms with Crippen molar-refractivity contribution in [1.82, 2.24) is 15.5 Å². The molecule has 8 heteroatoms. The van der Waals surface area contributed by atoms with Crippen LogP contribution < -0.4 is 10.6 Å². The second-order valence-corrected chi connectivity index (χ2v) is 5.71. The van der Waals surface area contributed by atoms with E-state index in [9.17, 15) is 4.79 Å². The molecule has 1 aliphatic rings. The number of hydrogen-bond donors (Lipinski definition) is 2. The molecule has 2 N–H and O–H groups in total. The minimum Gasteiger partial charge on any atom is -0.366 e. The van der Waals surface area contributed by atoms with Gasteiger partial charge in [-0.15, -0.1) is 22.6 Å². The van der Waals surface area contributed by atoms with Crippen LogP contribution in [-0.2, 0) is 16.0 Å². The van der Waals surface area contributed by atoms with E-state index in [1.165, 1.54) is 11.3 Å². The molecule has 1 unspecified atom stereocenters. The van der Waals surface area contributed by atoms with Crippen molar-refractivity contribution in [3.8, 4) is 0 Å². The first-order valence-electron chi connectivity index (χ1n) is 6.10. The Kier molecular flexibility index (Phi) is 6.64. The quantitative estimate of drug-likeness (QED) is 0.871. The van der Waals surface area contributed by atoms with E-state index in [2.05, 4.69) is 34.7 Å². The van der Waals surface area contributed by atoms with Crippen molar-refractivity contribution in [2.75, 3.05) is 25.0 Å². The Morgan fingerprint density at radius 2 is 2.37 bits per heavy atom. The SMILES string of the molecule is CC(C)Cc1nnc(NC(=O)C2CNCCO2)s1.Cl. The summed E-state index contributed by atoms with van der Waals surface area (Å²) in [5, 5.41) is 15.4. The first kappa shape index (κ1) is 16.3. The molecule has 108 valence electrons. The summed E-state index contributed by atoms with van der Waals surface area (Å²) < 4.78 is 5.37. The van der Waals surface area contributed by atoms with E-state index >= 15 is 0 Å². The number of carbonyl (C=O) groups is 1. The van der Waals surface area contributed by atoms with Crippen LogP contribution in [0.25, 0.3) is 0 Å². The number of nitrogens with one attached hydrogen (secondary N) is 2. The highest BCUT2D eigenvalue weighted by atomic mass is 35.5. The molecule has 0 aliphatic carbocycles. The van der Waals surface area contributed by atoms with E-state index < -0.39 is 6.10 Å². The number of halogens is 1. The van der Waals surface area contributed by atoms with Crippen molar-refractivity contribution in [2.45, 2.75) is 26.4 Å². The molecular weight excluding hydrogens is 288 g/mol. The molecule has 1 atom stereocenters. The van der Waals surface area contributed by atoms with E-state index in [1.54, 1.807) is 0 Å². The predicted octanol–water partition coefficient (Wildman–Crippen LogP) is 1.09. The summed E-state index contributed by atoms with van der Waals surface area (Å²) in [5.41, 5.74) is 0. The third kappa shape index (κ3) is 5.02. The summed E-state index contributed by atoms with van der Waals surface area (Å²) in [6, 6.07) is 0. The molecule has 1 fully saturated rings. The van der Waals surface area contributed by atoms with Gasteiger partial charge in [0, 0.05) is 19.5 Å². The van der Waals surface area contributed by atoms with Crippen molar-refractivity contribution >= 4 is 34.8 Å². The van der Waals surface area contributed by atoms with Crippen LogP contribution in [-0.4, -0.2) is 41.9 Å². The average molecular weight is 307 g/mol. The van der Waals surface area contributed by atoms with E-state index in [-0.39, 0.29) is 18.3 Å². The number of morpholine rings is 1. The molecule has 0 radical (unpaired) electrons. The molecule has 19 heavy (non-hydrogen) atoms. The summed E-state index contributed by atoms with van der Waals surface area (Å²) in [4.78, 5) is 11.9. The Morgan fingerprint density at radius 3 is 3.00 bits per heavy atom. The lowest BCUT2D eigenvalue weighted by molar-refractivity contribution is -0.128. The van der Waals surface area contributed by atoms with Crippen LogP contribution in [0.3, 0.4) is 0 Å². The van der Waals surface area contributed by atoms with E-state index in [0.29, 0.717) is 24.2 Å². The lowest BCUT2D eigenvalue weighted by Crippen LogP contribution is -2.45. The Balaban J connectivity index is 0.00000180. The van der Waals surface area contributed by atoms with Crippen LogP contribution in [0, 0.1) is 5.92 Å². The highest BCUT2D eigenvalue weighted by molar-refractivity contribution is 7.15. The van der Waals surface area contributed by atoms with Gasteiger partial charge in [0.2, 0.25) is 5.13 Å².